The summed E-state index contributed by atoms with van der Waals surface area (Å²) in [6.45, 7) is 2.47. The normalized spacial score (nSPS) is 10.1. The summed E-state index contributed by atoms with van der Waals surface area (Å²) in [7, 11) is 1.55. The van der Waals surface area contributed by atoms with Crippen LogP contribution < -0.4 is 20.1 Å². The fraction of sp³-hybridized carbons (Fsp3) is 0.150. The zero-order valence-corrected chi connectivity index (χ0v) is 15.1. The van der Waals surface area contributed by atoms with Gasteiger partial charge in [0.1, 0.15) is 29.3 Å². The zero-order valence-electron chi connectivity index (χ0n) is 15.1. The van der Waals surface area contributed by atoms with Crippen molar-refractivity contribution in [3.05, 3.63) is 66.6 Å². The molecular formula is C20H20N4O3. The molecule has 0 unspecified atom stereocenters. The summed E-state index contributed by atoms with van der Waals surface area (Å²) >= 11 is 0. The van der Waals surface area contributed by atoms with Crippen molar-refractivity contribution in [2.24, 2.45) is 0 Å². The molecule has 7 nitrogen and oxygen atoms in total. The molecule has 0 spiro atoms. The maximum absolute atomic E-state index is 12.5. The largest absolute Gasteiger partial charge is 0.495 e. The highest BCUT2D eigenvalue weighted by molar-refractivity contribution is 6.04. The molecule has 0 atom stereocenters. The number of amides is 1. The van der Waals surface area contributed by atoms with Crippen molar-refractivity contribution in [2.45, 2.75) is 6.92 Å². The summed E-state index contributed by atoms with van der Waals surface area (Å²) < 4.78 is 10.8. The van der Waals surface area contributed by atoms with Crippen molar-refractivity contribution in [2.75, 3.05) is 24.4 Å². The first-order chi connectivity index (χ1) is 13.2. The summed E-state index contributed by atoms with van der Waals surface area (Å²) in [6.07, 6.45) is 1.34. The van der Waals surface area contributed by atoms with Crippen LogP contribution in [0.2, 0.25) is 0 Å². The molecule has 0 radical (unpaired) electrons. The molecule has 138 valence electrons. The van der Waals surface area contributed by atoms with Crippen LogP contribution in [-0.2, 0) is 0 Å². The molecule has 0 saturated heterocycles. The molecule has 7 heteroatoms. The summed E-state index contributed by atoms with van der Waals surface area (Å²) in [6, 6.07) is 16.3. The number of methoxy groups -OCH3 is 1. The second-order valence-corrected chi connectivity index (χ2v) is 5.50. The van der Waals surface area contributed by atoms with E-state index in [4.69, 9.17) is 9.47 Å². The average Bonchev–Trinajstić information content (AvgIpc) is 2.70. The Morgan fingerprint density at radius 3 is 2.44 bits per heavy atom. The molecule has 27 heavy (non-hydrogen) atoms. The van der Waals surface area contributed by atoms with Crippen LogP contribution >= 0.6 is 0 Å². The topological polar surface area (TPSA) is 85.4 Å². The highest BCUT2D eigenvalue weighted by Gasteiger charge is 2.12. The van der Waals surface area contributed by atoms with Crippen LogP contribution in [0.4, 0.5) is 17.2 Å². The zero-order chi connectivity index (χ0) is 19.1. The molecule has 0 aliphatic carbocycles. The number of ether oxygens (including phenoxy) is 2. The molecular weight excluding hydrogens is 344 g/mol. The minimum Gasteiger partial charge on any atom is -0.495 e. The molecule has 1 aromatic heterocycles. The van der Waals surface area contributed by atoms with Gasteiger partial charge in [0.25, 0.3) is 5.91 Å². The predicted molar refractivity (Wildman–Crippen MR) is 104 cm³/mol. The molecule has 0 aliphatic rings. The van der Waals surface area contributed by atoms with Crippen molar-refractivity contribution >= 4 is 23.1 Å². The van der Waals surface area contributed by atoms with E-state index in [-0.39, 0.29) is 11.6 Å². The number of nitrogens with zero attached hydrogens (tertiary/aromatic N) is 2. The number of rotatable bonds is 7. The van der Waals surface area contributed by atoms with E-state index in [1.807, 2.05) is 43.3 Å². The lowest BCUT2D eigenvalue weighted by Gasteiger charge is -2.12. The van der Waals surface area contributed by atoms with Gasteiger partial charge in [-0.15, -0.1) is 0 Å². The van der Waals surface area contributed by atoms with Gasteiger partial charge in [0.15, 0.2) is 0 Å². The summed E-state index contributed by atoms with van der Waals surface area (Å²) in [5.74, 6) is 1.41. The molecule has 2 N–H and O–H groups in total. The van der Waals surface area contributed by atoms with Gasteiger partial charge in [-0.3, -0.25) is 4.79 Å². The van der Waals surface area contributed by atoms with Crippen LogP contribution in [-0.4, -0.2) is 29.6 Å². The van der Waals surface area contributed by atoms with Gasteiger partial charge in [0.05, 0.1) is 25.1 Å². The van der Waals surface area contributed by atoms with E-state index in [2.05, 4.69) is 20.6 Å². The Morgan fingerprint density at radius 2 is 1.70 bits per heavy atom. The van der Waals surface area contributed by atoms with Gasteiger partial charge in [0, 0.05) is 6.07 Å². The summed E-state index contributed by atoms with van der Waals surface area (Å²) in [5, 5.41) is 5.95. The van der Waals surface area contributed by atoms with Crippen molar-refractivity contribution < 1.29 is 14.3 Å². The molecule has 3 rings (SSSR count). The van der Waals surface area contributed by atoms with Gasteiger partial charge in [-0.05, 0) is 31.2 Å². The van der Waals surface area contributed by atoms with E-state index >= 15 is 0 Å². The number of aromatic nitrogens is 2. The van der Waals surface area contributed by atoms with E-state index in [1.54, 1.807) is 25.3 Å². The number of nitrogens with one attached hydrogen (secondary N) is 2. The number of carbonyl (C=O) groups excluding carboxylic acids is 1. The smallest absolute Gasteiger partial charge is 0.274 e. The minimum absolute atomic E-state index is 0.229. The summed E-state index contributed by atoms with van der Waals surface area (Å²) in [5.41, 5.74) is 1.56. The SMILES string of the molecule is CCOc1ccccc1Nc1cc(C(=O)Nc2ccccc2OC)ncn1. The van der Waals surface area contributed by atoms with Gasteiger partial charge in [-0.25, -0.2) is 9.97 Å². The van der Waals surface area contributed by atoms with E-state index in [0.717, 1.165) is 5.69 Å². The monoisotopic (exact) mass is 364 g/mol. The lowest BCUT2D eigenvalue weighted by molar-refractivity contribution is 0.102. The maximum Gasteiger partial charge on any atom is 0.274 e. The van der Waals surface area contributed by atoms with Crippen LogP contribution in [0.15, 0.2) is 60.9 Å². The Labute approximate surface area is 157 Å². The second-order valence-electron chi connectivity index (χ2n) is 5.50. The third-order valence-corrected chi connectivity index (χ3v) is 3.70. The number of carbonyl (C=O) groups is 1. The second kappa shape index (κ2) is 8.66. The third kappa shape index (κ3) is 4.52. The fourth-order valence-electron chi connectivity index (χ4n) is 2.47. The first-order valence-electron chi connectivity index (χ1n) is 8.46. The minimum atomic E-state index is -0.358. The molecule has 1 amide bonds. The first kappa shape index (κ1) is 18.2. The van der Waals surface area contributed by atoms with Crippen molar-refractivity contribution in [3.8, 4) is 11.5 Å². The molecule has 0 bridgehead atoms. The standard InChI is InChI=1S/C20H20N4O3/c1-3-27-18-11-7-5-9-15(18)23-19-12-16(21-13-22-19)20(25)24-14-8-4-6-10-17(14)26-2/h4-13H,3H2,1-2H3,(H,24,25)(H,21,22,23). The van der Waals surface area contributed by atoms with Crippen molar-refractivity contribution in [3.63, 3.8) is 0 Å². The van der Waals surface area contributed by atoms with E-state index in [9.17, 15) is 4.79 Å². The molecule has 1 heterocycles. The van der Waals surface area contributed by atoms with Crippen molar-refractivity contribution in [1.82, 2.24) is 9.97 Å². The number of hydrogen-bond acceptors (Lipinski definition) is 6. The average molecular weight is 364 g/mol. The van der Waals surface area contributed by atoms with Gasteiger partial charge in [-0.2, -0.15) is 0 Å². The van der Waals surface area contributed by atoms with Crippen LogP contribution in [0.3, 0.4) is 0 Å². The lowest BCUT2D eigenvalue weighted by Crippen LogP contribution is -2.15. The van der Waals surface area contributed by atoms with E-state index in [1.165, 1.54) is 6.33 Å². The molecule has 0 saturated carbocycles. The van der Waals surface area contributed by atoms with Gasteiger partial charge >= 0.3 is 0 Å². The van der Waals surface area contributed by atoms with Gasteiger partial charge < -0.3 is 20.1 Å². The first-order valence-corrected chi connectivity index (χ1v) is 8.46. The number of benzene rings is 2. The molecule has 0 fully saturated rings. The van der Waals surface area contributed by atoms with Crippen LogP contribution in [0.5, 0.6) is 11.5 Å². The van der Waals surface area contributed by atoms with Crippen LogP contribution in [0.1, 0.15) is 17.4 Å². The Hall–Kier alpha value is -3.61. The molecule has 2 aromatic carbocycles. The van der Waals surface area contributed by atoms with Gasteiger partial charge in [-0.1, -0.05) is 24.3 Å². The van der Waals surface area contributed by atoms with E-state index < -0.39 is 0 Å². The molecule has 3 aromatic rings. The lowest BCUT2D eigenvalue weighted by atomic mass is 10.2. The third-order valence-electron chi connectivity index (χ3n) is 3.70. The Bertz CT molecular complexity index is 930. The van der Waals surface area contributed by atoms with Crippen molar-refractivity contribution in [1.29, 1.82) is 0 Å². The highest BCUT2D eigenvalue weighted by atomic mass is 16.5. The quantitative estimate of drug-likeness (QED) is 0.662. The van der Waals surface area contributed by atoms with Gasteiger partial charge in [0.2, 0.25) is 0 Å². The Morgan fingerprint density at radius 1 is 1.00 bits per heavy atom. The number of hydrogen-bond donors (Lipinski definition) is 2. The molecule has 0 aliphatic heterocycles. The van der Waals surface area contributed by atoms with Crippen LogP contribution in [0, 0.1) is 0 Å². The fourth-order valence-corrected chi connectivity index (χ4v) is 2.47. The Kier molecular flexibility index (Phi) is 5.84. The Balaban J connectivity index is 1.78. The number of para-hydroxylation sites is 4. The predicted octanol–water partition coefficient (Wildman–Crippen LogP) is 3.88. The van der Waals surface area contributed by atoms with Crippen LogP contribution in [0.25, 0.3) is 0 Å². The number of anilines is 3. The summed E-state index contributed by atoms with van der Waals surface area (Å²) in [4.78, 5) is 20.8. The van der Waals surface area contributed by atoms with E-state index in [0.29, 0.717) is 29.6 Å². The maximum atomic E-state index is 12.5. The highest BCUT2D eigenvalue weighted by Crippen LogP contribution is 2.27.